The van der Waals surface area contributed by atoms with Gasteiger partial charge in [0.05, 0.1) is 12.1 Å². The molecule has 1 aromatic heterocycles. The lowest BCUT2D eigenvalue weighted by atomic mass is 9.89. The van der Waals surface area contributed by atoms with Crippen molar-refractivity contribution in [2.24, 2.45) is 0 Å². The van der Waals surface area contributed by atoms with Gasteiger partial charge >= 0.3 is 0 Å². The number of rotatable bonds is 3. The molecule has 1 aliphatic rings. The van der Waals surface area contributed by atoms with Crippen molar-refractivity contribution in [2.75, 3.05) is 13.6 Å². The Morgan fingerprint density at radius 3 is 2.94 bits per heavy atom. The average molecular weight is 331 g/mol. The summed E-state index contributed by atoms with van der Waals surface area (Å²) in [5.41, 5.74) is -0.374. The molecular weight excluding hydrogens is 312 g/mol. The zero-order valence-electron chi connectivity index (χ0n) is 10.8. The molecule has 0 radical (unpaired) electrons. The summed E-state index contributed by atoms with van der Waals surface area (Å²) >= 11 is 5.12. The molecule has 18 heavy (non-hydrogen) atoms. The Hall–Kier alpha value is -0.390. The maximum absolute atomic E-state index is 12.5. The van der Waals surface area contributed by atoms with Gasteiger partial charge in [-0.2, -0.15) is 0 Å². The van der Waals surface area contributed by atoms with Crippen LogP contribution in [0.2, 0.25) is 0 Å². The predicted octanol–water partition coefficient (Wildman–Crippen LogP) is 3.00. The van der Waals surface area contributed by atoms with Crippen LogP contribution in [0, 0.1) is 0 Å². The Kier molecular flexibility index (Phi) is 4.45. The lowest BCUT2D eigenvalue weighted by Gasteiger charge is -2.36. The molecule has 0 spiro atoms. The molecule has 3 nitrogen and oxygen atoms in total. The standard InChI is InChI=1S/C13H19BrN2OS/c1-13(5-3-4-6-15-13)12(17)16(2)8-11-7-10(14)9-18-11/h7,9,15H,3-6,8H2,1-2H3. The lowest BCUT2D eigenvalue weighted by molar-refractivity contribution is -0.137. The fourth-order valence-corrected chi connectivity index (χ4v) is 3.91. The highest BCUT2D eigenvalue weighted by Gasteiger charge is 2.36. The summed E-state index contributed by atoms with van der Waals surface area (Å²) in [5.74, 6) is 0.201. The van der Waals surface area contributed by atoms with Crippen molar-refractivity contribution in [1.82, 2.24) is 10.2 Å². The molecule has 2 rings (SSSR count). The van der Waals surface area contributed by atoms with Crippen LogP contribution < -0.4 is 5.32 Å². The summed E-state index contributed by atoms with van der Waals surface area (Å²) in [7, 11) is 1.89. The molecule has 0 bridgehead atoms. The van der Waals surface area contributed by atoms with E-state index < -0.39 is 0 Å². The number of carbonyl (C=O) groups is 1. The van der Waals surface area contributed by atoms with Crippen LogP contribution in [-0.4, -0.2) is 29.9 Å². The van der Waals surface area contributed by atoms with Crippen molar-refractivity contribution < 1.29 is 4.79 Å². The molecule has 100 valence electrons. The first kappa shape index (κ1) is 14.0. The molecule has 2 heterocycles. The van der Waals surface area contributed by atoms with E-state index in [1.807, 2.05) is 24.3 Å². The number of hydrogen-bond acceptors (Lipinski definition) is 3. The van der Waals surface area contributed by atoms with Crippen molar-refractivity contribution in [3.63, 3.8) is 0 Å². The largest absolute Gasteiger partial charge is 0.339 e. The van der Waals surface area contributed by atoms with Crippen molar-refractivity contribution >= 4 is 33.2 Å². The summed E-state index contributed by atoms with van der Waals surface area (Å²) in [6.07, 6.45) is 3.24. The third-order valence-corrected chi connectivity index (χ3v) is 5.13. The summed E-state index contributed by atoms with van der Waals surface area (Å²) in [5, 5.41) is 5.42. The van der Waals surface area contributed by atoms with Gasteiger partial charge in [-0.05, 0) is 54.7 Å². The highest BCUT2D eigenvalue weighted by atomic mass is 79.9. The molecule has 1 N–H and O–H groups in total. The van der Waals surface area contributed by atoms with Gasteiger partial charge in [0.1, 0.15) is 0 Å². The van der Waals surface area contributed by atoms with Crippen LogP contribution in [0.5, 0.6) is 0 Å². The number of piperidine rings is 1. The zero-order valence-corrected chi connectivity index (χ0v) is 13.2. The molecule has 1 aliphatic heterocycles. The van der Waals surface area contributed by atoms with Crippen LogP contribution in [0.4, 0.5) is 0 Å². The van der Waals surface area contributed by atoms with E-state index in [1.54, 1.807) is 11.3 Å². The number of likely N-dealkylation sites (N-methyl/N-ethyl adjacent to an activating group) is 1. The predicted molar refractivity (Wildman–Crippen MR) is 78.8 cm³/mol. The monoisotopic (exact) mass is 330 g/mol. The number of thiophene rings is 1. The smallest absolute Gasteiger partial charge is 0.242 e. The van der Waals surface area contributed by atoms with E-state index in [4.69, 9.17) is 0 Å². The highest BCUT2D eigenvalue weighted by molar-refractivity contribution is 9.10. The van der Waals surface area contributed by atoms with E-state index in [0.717, 1.165) is 23.9 Å². The SMILES string of the molecule is CN(Cc1cc(Br)cs1)C(=O)C1(C)CCCCN1. The van der Waals surface area contributed by atoms with Gasteiger partial charge in [0.2, 0.25) is 5.91 Å². The minimum atomic E-state index is -0.374. The van der Waals surface area contributed by atoms with Crippen LogP contribution in [0.25, 0.3) is 0 Å². The second-order valence-electron chi connectivity index (χ2n) is 5.11. The first-order chi connectivity index (χ1) is 8.51. The Bertz CT molecular complexity index is 426. The fraction of sp³-hybridized carbons (Fsp3) is 0.615. The number of halogens is 1. The van der Waals surface area contributed by atoms with Crippen LogP contribution in [0.15, 0.2) is 15.9 Å². The molecule has 1 aromatic rings. The van der Waals surface area contributed by atoms with Crippen LogP contribution >= 0.6 is 27.3 Å². The summed E-state index contributed by atoms with van der Waals surface area (Å²) in [4.78, 5) is 15.5. The number of carbonyl (C=O) groups excluding carboxylic acids is 1. The maximum atomic E-state index is 12.5. The van der Waals surface area contributed by atoms with Gasteiger partial charge in [-0.15, -0.1) is 11.3 Å². The summed E-state index contributed by atoms with van der Waals surface area (Å²) in [6.45, 7) is 3.66. The molecule has 1 fully saturated rings. The van der Waals surface area contributed by atoms with Gasteiger partial charge in [0, 0.05) is 21.8 Å². The topological polar surface area (TPSA) is 32.3 Å². The van der Waals surface area contributed by atoms with Gasteiger partial charge in [-0.1, -0.05) is 0 Å². The van der Waals surface area contributed by atoms with E-state index in [1.165, 1.54) is 11.3 Å². The number of nitrogens with zero attached hydrogens (tertiary/aromatic N) is 1. The fourth-order valence-electron chi connectivity index (χ4n) is 2.40. The quantitative estimate of drug-likeness (QED) is 0.923. The Balaban J connectivity index is 1.99. The van der Waals surface area contributed by atoms with E-state index in [2.05, 4.69) is 27.3 Å². The zero-order chi connectivity index (χ0) is 13.2. The molecule has 1 amide bonds. The van der Waals surface area contributed by atoms with Crippen LogP contribution in [0.1, 0.15) is 31.1 Å². The molecule has 1 atom stereocenters. The minimum absolute atomic E-state index is 0.201. The third kappa shape index (κ3) is 3.13. The van der Waals surface area contributed by atoms with Crippen molar-refractivity contribution in [1.29, 1.82) is 0 Å². The number of hydrogen-bond donors (Lipinski definition) is 1. The Labute approximate surface area is 121 Å². The first-order valence-corrected chi connectivity index (χ1v) is 7.92. The van der Waals surface area contributed by atoms with Gasteiger partial charge in [0.15, 0.2) is 0 Å². The van der Waals surface area contributed by atoms with Gasteiger partial charge in [0.25, 0.3) is 0 Å². The molecule has 0 aliphatic carbocycles. The van der Waals surface area contributed by atoms with Gasteiger partial charge in [-0.3, -0.25) is 4.79 Å². The first-order valence-electron chi connectivity index (χ1n) is 6.25. The average Bonchev–Trinajstić information content (AvgIpc) is 2.74. The molecule has 1 saturated heterocycles. The van der Waals surface area contributed by atoms with E-state index in [9.17, 15) is 4.79 Å². The van der Waals surface area contributed by atoms with E-state index in [-0.39, 0.29) is 11.4 Å². The van der Waals surface area contributed by atoms with E-state index in [0.29, 0.717) is 6.54 Å². The minimum Gasteiger partial charge on any atom is -0.339 e. The number of amides is 1. The summed E-state index contributed by atoms with van der Waals surface area (Å²) < 4.78 is 1.09. The molecule has 5 heteroatoms. The highest BCUT2D eigenvalue weighted by Crippen LogP contribution is 2.24. The normalized spacial score (nSPS) is 23.9. The van der Waals surface area contributed by atoms with Crippen LogP contribution in [-0.2, 0) is 11.3 Å². The molecular formula is C13H19BrN2OS. The number of nitrogens with one attached hydrogen (secondary N) is 1. The molecule has 1 unspecified atom stereocenters. The van der Waals surface area contributed by atoms with Gasteiger partial charge in [-0.25, -0.2) is 0 Å². The van der Waals surface area contributed by atoms with Crippen molar-refractivity contribution in [3.8, 4) is 0 Å². The Morgan fingerprint density at radius 2 is 2.39 bits per heavy atom. The molecule has 0 aromatic carbocycles. The maximum Gasteiger partial charge on any atom is 0.242 e. The summed E-state index contributed by atoms with van der Waals surface area (Å²) in [6, 6.07) is 2.07. The second-order valence-corrected chi connectivity index (χ2v) is 7.02. The Morgan fingerprint density at radius 1 is 1.61 bits per heavy atom. The molecule has 0 saturated carbocycles. The van der Waals surface area contributed by atoms with Gasteiger partial charge < -0.3 is 10.2 Å². The van der Waals surface area contributed by atoms with E-state index >= 15 is 0 Å². The van der Waals surface area contributed by atoms with Crippen molar-refractivity contribution in [2.45, 2.75) is 38.3 Å². The van der Waals surface area contributed by atoms with Crippen LogP contribution in [0.3, 0.4) is 0 Å². The van der Waals surface area contributed by atoms with Crippen molar-refractivity contribution in [3.05, 3.63) is 20.8 Å². The third-order valence-electron chi connectivity index (χ3n) is 3.45. The second kappa shape index (κ2) is 5.72. The lowest BCUT2D eigenvalue weighted by Crippen LogP contribution is -2.56.